The minimum absolute atomic E-state index is 0.00613. The maximum atomic E-state index is 12.3. The van der Waals surface area contributed by atoms with Crippen LogP contribution in [0.1, 0.15) is 35.3 Å². The summed E-state index contributed by atoms with van der Waals surface area (Å²) in [7, 11) is 0. The third kappa shape index (κ3) is 4.42. The van der Waals surface area contributed by atoms with E-state index in [0.29, 0.717) is 17.2 Å². The molecule has 1 atom stereocenters. The minimum atomic E-state index is -0.465. The molecule has 0 aliphatic heterocycles. The van der Waals surface area contributed by atoms with E-state index in [1.165, 1.54) is 5.56 Å². The fourth-order valence-corrected chi connectivity index (χ4v) is 2.14. The van der Waals surface area contributed by atoms with E-state index in [4.69, 9.17) is 16.3 Å². The van der Waals surface area contributed by atoms with Gasteiger partial charge in [0.15, 0.2) is 5.78 Å². The van der Waals surface area contributed by atoms with Crippen molar-refractivity contribution in [3.63, 3.8) is 0 Å². The van der Waals surface area contributed by atoms with Crippen molar-refractivity contribution in [3.05, 3.63) is 70.2 Å². The van der Waals surface area contributed by atoms with E-state index >= 15 is 0 Å². The Morgan fingerprint density at radius 1 is 1.05 bits per heavy atom. The van der Waals surface area contributed by atoms with E-state index in [2.05, 4.69) is 6.92 Å². The molecule has 0 saturated heterocycles. The SMILES string of the molecule is CCc1ccc(C(=O)C(C)OCc2ccc(Cl)cc2)cc1. The Kier molecular flexibility index (Phi) is 5.54. The van der Waals surface area contributed by atoms with E-state index in [-0.39, 0.29) is 5.78 Å². The number of ketones is 1. The monoisotopic (exact) mass is 302 g/mol. The molecule has 0 fully saturated rings. The van der Waals surface area contributed by atoms with Crippen LogP contribution in [0.4, 0.5) is 0 Å². The van der Waals surface area contributed by atoms with Crippen LogP contribution in [0, 0.1) is 0 Å². The van der Waals surface area contributed by atoms with Gasteiger partial charge in [-0.05, 0) is 36.6 Å². The maximum Gasteiger partial charge on any atom is 0.191 e. The van der Waals surface area contributed by atoms with Crippen molar-refractivity contribution in [2.24, 2.45) is 0 Å². The Morgan fingerprint density at radius 3 is 2.19 bits per heavy atom. The number of rotatable bonds is 6. The fraction of sp³-hybridized carbons (Fsp3) is 0.278. The van der Waals surface area contributed by atoms with E-state index in [1.54, 1.807) is 6.92 Å². The van der Waals surface area contributed by atoms with Gasteiger partial charge >= 0.3 is 0 Å². The first-order valence-electron chi connectivity index (χ1n) is 7.09. The fourth-order valence-electron chi connectivity index (χ4n) is 2.02. The molecule has 0 radical (unpaired) electrons. The van der Waals surface area contributed by atoms with Crippen LogP contribution in [-0.4, -0.2) is 11.9 Å². The third-order valence-corrected chi connectivity index (χ3v) is 3.68. The predicted octanol–water partition coefficient (Wildman–Crippen LogP) is 4.69. The first-order valence-corrected chi connectivity index (χ1v) is 7.47. The summed E-state index contributed by atoms with van der Waals surface area (Å²) >= 11 is 5.83. The molecular weight excluding hydrogens is 284 g/mol. The molecule has 2 aromatic carbocycles. The lowest BCUT2D eigenvalue weighted by Gasteiger charge is -2.12. The zero-order valence-electron chi connectivity index (χ0n) is 12.3. The molecule has 21 heavy (non-hydrogen) atoms. The zero-order chi connectivity index (χ0) is 15.2. The number of ether oxygens (including phenoxy) is 1. The molecule has 0 aliphatic carbocycles. The van der Waals surface area contributed by atoms with E-state index in [1.807, 2.05) is 48.5 Å². The number of carbonyl (C=O) groups is 1. The van der Waals surface area contributed by atoms with Gasteiger partial charge in [-0.1, -0.05) is 54.9 Å². The molecule has 0 aliphatic rings. The molecule has 0 spiro atoms. The van der Waals surface area contributed by atoms with Crippen molar-refractivity contribution in [2.45, 2.75) is 33.0 Å². The average molecular weight is 303 g/mol. The first kappa shape index (κ1) is 15.7. The normalized spacial score (nSPS) is 12.1. The molecule has 0 N–H and O–H groups in total. The van der Waals surface area contributed by atoms with E-state index in [0.717, 1.165) is 12.0 Å². The van der Waals surface area contributed by atoms with Crippen LogP contribution < -0.4 is 0 Å². The molecule has 110 valence electrons. The second-order valence-corrected chi connectivity index (χ2v) is 5.43. The lowest BCUT2D eigenvalue weighted by Crippen LogP contribution is -2.20. The van der Waals surface area contributed by atoms with Crippen LogP contribution in [0.3, 0.4) is 0 Å². The van der Waals surface area contributed by atoms with Crippen LogP contribution >= 0.6 is 11.6 Å². The molecule has 0 heterocycles. The second-order valence-electron chi connectivity index (χ2n) is 4.99. The molecule has 2 aromatic rings. The number of benzene rings is 2. The van der Waals surface area contributed by atoms with Crippen molar-refractivity contribution < 1.29 is 9.53 Å². The molecule has 2 nitrogen and oxygen atoms in total. The highest BCUT2D eigenvalue weighted by Gasteiger charge is 2.15. The molecule has 0 bridgehead atoms. The van der Waals surface area contributed by atoms with Gasteiger partial charge in [0.2, 0.25) is 0 Å². The Hall–Kier alpha value is -1.64. The molecule has 0 saturated carbocycles. The van der Waals surface area contributed by atoms with Crippen molar-refractivity contribution in [3.8, 4) is 0 Å². The zero-order valence-corrected chi connectivity index (χ0v) is 13.1. The van der Waals surface area contributed by atoms with Crippen LogP contribution in [0.15, 0.2) is 48.5 Å². The molecule has 1 unspecified atom stereocenters. The summed E-state index contributed by atoms with van der Waals surface area (Å²) < 4.78 is 5.65. The van der Waals surface area contributed by atoms with Gasteiger partial charge in [-0.2, -0.15) is 0 Å². The molecule has 0 aromatic heterocycles. The Morgan fingerprint density at radius 2 is 1.62 bits per heavy atom. The smallest absolute Gasteiger partial charge is 0.191 e. The summed E-state index contributed by atoms with van der Waals surface area (Å²) in [6.07, 6.45) is 0.505. The third-order valence-electron chi connectivity index (χ3n) is 3.43. The van der Waals surface area contributed by atoms with Crippen LogP contribution in [0.5, 0.6) is 0 Å². The molecule has 2 rings (SSSR count). The number of halogens is 1. The van der Waals surface area contributed by atoms with E-state index in [9.17, 15) is 4.79 Å². The summed E-state index contributed by atoms with van der Waals surface area (Å²) in [4.78, 5) is 12.3. The highest BCUT2D eigenvalue weighted by atomic mass is 35.5. The lowest BCUT2D eigenvalue weighted by atomic mass is 10.0. The summed E-state index contributed by atoms with van der Waals surface area (Å²) in [6.45, 7) is 4.28. The topological polar surface area (TPSA) is 26.3 Å². The van der Waals surface area contributed by atoms with Crippen LogP contribution in [0.25, 0.3) is 0 Å². The number of Topliss-reactive ketones (excluding diaryl/α,β-unsaturated/α-hetero) is 1. The summed E-state index contributed by atoms with van der Waals surface area (Å²) in [6, 6.07) is 15.1. The Bertz CT molecular complexity index is 588. The highest BCUT2D eigenvalue weighted by molar-refractivity contribution is 6.30. The Balaban J connectivity index is 1.93. The van der Waals surface area contributed by atoms with Gasteiger partial charge in [0, 0.05) is 10.6 Å². The van der Waals surface area contributed by atoms with Gasteiger partial charge in [0.05, 0.1) is 6.61 Å². The minimum Gasteiger partial charge on any atom is -0.366 e. The quantitative estimate of drug-likeness (QED) is 0.724. The molecular formula is C18H19ClO2. The first-order chi connectivity index (χ1) is 10.1. The number of hydrogen-bond acceptors (Lipinski definition) is 2. The standard InChI is InChI=1S/C18H19ClO2/c1-3-14-4-8-16(9-5-14)18(20)13(2)21-12-15-6-10-17(19)11-7-15/h4-11,13H,3,12H2,1-2H3. The molecule has 3 heteroatoms. The van der Waals surface area contributed by atoms with Gasteiger partial charge in [-0.25, -0.2) is 0 Å². The number of aryl methyl sites for hydroxylation is 1. The summed E-state index contributed by atoms with van der Waals surface area (Å²) in [5.74, 6) is 0.00613. The number of hydrogen-bond donors (Lipinski definition) is 0. The van der Waals surface area contributed by atoms with Crippen LogP contribution in [0.2, 0.25) is 5.02 Å². The molecule has 0 amide bonds. The van der Waals surface area contributed by atoms with Crippen molar-refractivity contribution in [1.82, 2.24) is 0 Å². The maximum absolute atomic E-state index is 12.3. The van der Waals surface area contributed by atoms with Gasteiger partial charge in [0.25, 0.3) is 0 Å². The van der Waals surface area contributed by atoms with Gasteiger partial charge < -0.3 is 4.74 Å². The average Bonchev–Trinajstić information content (AvgIpc) is 2.53. The Labute approximate surface area is 130 Å². The van der Waals surface area contributed by atoms with Crippen molar-refractivity contribution in [2.75, 3.05) is 0 Å². The van der Waals surface area contributed by atoms with E-state index < -0.39 is 6.10 Å². The van der Waals surface area contributed by atoms with Gasteiger partial charge in [0.1, 0.15) is 6.10 Å². The summed E-state index contributed by atoms with van der Waals surface area (Å²) in [5, 5.41) is 0.693. The predicted molar refractivity (Wildman–Crippen MR) is 85.9 cm³/mol. The van der Waals surface area contributed by atoms with Crippen molar-refractivity contribution in [1.29, 1.82) is 0 Å². The van der Waals surface area contributed by atoms with Crippen molar-refractivity contribution >= 4 is 17.4 Å². The number of carbonyl (C=O) groups excluding carboxylic acids is 1. The second kappa shape index (κ2) is 7.39. The van der Waals surface area contributed by atoms with Gasteiger partial charge in [-0.3, -0.25) is 4.79 Å². The largest absolute Gasteiger partial charge is 0.366 e. The lowest BCUT2D eigenvalue weighted by molar-refractivity contribution is 0.0412. The van der Waals surface area contributed by atoms with Gasteiger partial charge in [-0.15, -0.1) is 0 Å². The highest BCUT2D eigenvalue weighted by Crippen LogP contribution is 2.13. The summed E-state index contributed by atoms with van der Waals surface area (Å²) in [5.41, 5.74) is 2.91. The van der Waals surface area contributed by atoms with Crippen LogP contribution in [-0.2, 0) is 17.8 Å².